The summed E-state index contributed by atoms with van der Waals surface area (Å²) in [6.07, 6.45) is 6.69. The summed E-state index contributed by atoms with van der Waals surface area (Å²) in [6.45, 7) is 8.11. The molecule has 1 aromatic rings. The normalized spacial score (nSPS) is 16.1. The topological polar surface area (TPSA) is 3.24 Å². The predicted octanol–water partition coefficient (Wildman–Crippen LogP) is 4.13. The molecule has 0 saturated carbocycles. The molecule has 1 saturated heterocycles. The van der Waals surface area contributed by atoms with Crippen LogP contribution in [0.5, 0.6) is 0 Å². The van der Waals surface area contributed by atoms with Gasteiger partial charge >= 0.3 is 0 Å². The average Bonchev–Trinajstić information content (AvgIpc) is 2.40. The molecule has 17 heavy (non-hydrogen) atoms. The van der Waals surface area contributed by atoms with Gasteiger partial charge in [0.25, 0.3) is 0 Å². The van der Waals surface area contributed by atoms with E-state index < -0.39 is 0 Å². The molecule has 1 aliphatic rings. The highest BCUT2D eigenvalue weighted by Crippen LogP contribution is 2.09. The number of hydrogen-bond acceptors (Lipinski definition) is 1. The van der Waals surface area contributed by atoms with Gasteiger partial charge in [-0.25, -0.2) is 0 Å². The minimum absolute atomic E-state index is 1.21. The first-order chi connectivity index (χ1) is 8.36. The second-order valence-electron chi connectivity index (χ2n) is 4.85. The fourth-order valence-corrected chi connectivity index (χ4v) is 2.11. The van der Waals surface area contributed by atoms with Crippen LogP contribution in [0, 0.1) is 0 Å². The maximum Gasteiger partial charge on any atom is 0.00218 e. The number of likely N-dealkylation sites (tertiary alicyclic amines) is 1. The van der Waals surface area contributed by atoms with Crippen molar-refractivity contribution in [3.8, 4) is 0 Å². The molecule has 0 bridgehead atoms. The molecular weight excluding hydrogens is 206 g/mol. The smallest absolute Gasteiger partial charge is 0.00218 e. The van der Waals surface area contributed by atoms with Crippen molar-refractivity contribution >= 4 is 0 Å². The van der Waals surface area contributed by atoms with Crippen LogP contribution >= 0.6 is 0 Å². The van der Waals surface area contributed by atoms with Crippen LogP contribution in [0.15, 0.2) is 30.3 Å². The van der Waals surface area contributed by atoms with Crippen LogP contribution in [0.25, 0.3) is 0 Å². The van der Waals surface area contributed by atoms with E-state index in [1.807, 2.05) is 0 Å². The Morgan fingerprint density at radius 1 is 0.941 bits per heavy atom. The van der Waals surface area contributed by atoms with E-state index in [1.54, 1.807) is 0 Å². The number of hydrogen-bond donors (Lipinski definition) is 0. The molecule has 0 aliphatic carbocycles. The molecule has 0 aromatic heterocycles. The Morgan fingerprint density at radius 3 is 2.12 bits per heavy atom. The van der Waals surface area contributed by atoms with Crippen LogP contribution in [0.3, 0.4) is 0 Å². The van der Waals surface area contributed by atoms with Gasteiger partial charge in [0.1, 0.15) is 0 Å². The van der Waals surface area contributed by atoms with E-state index in [4.69, 9.17) is 0 Å². The maximum absolute atomic E-state index is 2.59. The van der Waals surface area contributed by atoms with Crippen LogP contribution < -0.4 is 0 Å². The minimum Gasteiger partial charge on any atom is -0.303 e. The third-order valence-corrected chi connectivity index (χ3v) is 3.01. The molecule has 1 nitrogen and oxygen atoms in total. The van der Waals surface area contributed by atoms with Crippen LogP contribution in [-0.2, 0) is 6.42 Å². The van der Waals surface area contributed by atoms with Gasteiger partial charge in [0.15, 0.2) is 0 Å². The molecule has 0 atom stereocenters. The highest BCUT2D eigenvalue weighted by atomic mass is 15.1. The van der Waals surface area contributed by atoms with Gasteiger partial charge in [-0.05, 0) is 37.9 Å². The molecule has 0 radical (unpaired) electrons. The summed E-state index contributed by atoms with van der Waals surface area (Å²) in [5.41, 5.74) is 1.47. The van der Waals surface area contributed by atoms with Gasteiger partial charge in [0, 0.05) is 6.54 Å². The number of benzene rings is 1. The Balaban J connectivity index is 0.000000437. The monoisotopic (exact) mass is 233 g/mol. The number of piperidine rings is 1. The lowest BCUT2D eigenvalue weighted by Crippen LogP contribution is -2.31. The van der Waals surface area contributed by atoms with Crippen LogP contribution in [-0.4, -0.2) is 24.5 Å². The van der Waals surface area contributed by atoms with E-state index in [2.05, 4.69) is 49.1 Å². The van der Waals surface area contributed by atoms with E-state index in [0.29, 0.717) is 0 Å². The van der Waals surface area contributed by atoms with Crippen molar-refractivity contribution in [3.63, 3.8) is 0 Å². The summed E-state index contributed by atoms with van der Waals surface area (Å²) in [4.78, 5) is 2.59. The number of rotatable bonds is 3. The molecule has 1 aromatic carbocycles. The zero-order valence-corrected chi connectivity index (χ0v) is 11.5. The molecule has 1 aliphatic heterocycles. The standard InChI is InChI=1S/C13H19N.C3H8/c1-3-7-13(8-4-1)9-12-14-10-5-2-6-11-14;1-3-2/h1,3-4,7-8H,2,5-6,9-12H2;3H2,1-2H3. The van der Waals surface area contributed by atoms with Crippen molar-refractivity contribution in [2.24, 2.45) is 0 Å². The fourth-order valence-electron chi connectivity index (χ4n) is 2.11. The van der Waals surface area contributed by atoms with Crippen molar-refractivity contribution < 1.29 is 0 Å². The Bertz CT molecular complexity index is 262. The summed E-state index contributed by atoms with van der Waals surface area (Å²) in [7, 11) is 0. The molecule has 1 heteroatoms. The van der Waals surface area contributed by atoms with Crippen molar-refractivity contribution in [1.29, 1.82) is 0 Å². The second-order valence-corrected chi connectivity index (χ2v) is 4.85. The third-order valence-electron chi connectivity index (χ3n) is 3.01. The van der Waals surface area contributed by atoms with Crippen LogP contribution in [0.1, 0.15) is 45.1 Å². The Kier molecular flexibility index (Phi) is 7.74. The van der Waals surface area contributed by atoms with Gasteiger partial charge in [-0.1, -0.05) is 57.0 Å². The maximum atomic E-state index is 2.59. The summed E-state index contributed by atoms with van der Waals surface area (Å²) in [5.74, 6) is 0. The first kappa shape index (κ1) is 14.2. The molecule has 2 rings (SSSR count). The average molecular weight is 233 g/mol. The molecule has 1 fully saturated rings. The summed E-state index contributed by atoms with van der Waals surface area (Å²) < 4.78 is 0. The van der Waals surface area contributed by atoms with Gasteiger partial charge < -0.3 is 4.90 Å². The quantitative estimate of drug-likeness (QED) is 0.758. The first-order valence-corrected chi connectivity index (χ1v) is 7.13. The zero-order valence-electron chi connectivity index (χ0n) is 11.5. The third kappa shape index (κ3) is 6.48. The van der Waals surface area contributed by atoms with E-state index in [1.165, 1.54) is 57.3 Å². The van der Waals surface area contributed by atoms with E-state index in [-0.39, 0.29) is 0 Å². The molecule has 0 unspecified atom stereocenters. The Morgan fingerprint density at radius 2 is 1.53 bits per heavy atom. The molecule has 0 N–H and O–H groups in total. The van der Waals surface area contributed by atoms with Gasteiger partial charge in [0.05, 0.1) is 0 Å². The lowest BCUT2D eigenvalue weighted by Gasteiger charge is -2.26. The van der Waals surface area contributed by atoms with Crippen molar-refractivity contribution in [2.45, 2.75) is 46.0 Å². The summed E-state index contributed by atoms with van der Waals surface area (Å²) in [5, 5.41) is 0. The van der Waals surface area contributed by atoms with Crippen molar-refractivity contribution in [2.75, 3.05) is 19.6 Å². The summed E-state index contributed by atoms with van der Waals surface area (Å²) >= 11 is 0. The molecule has 0 amide bonds. The molecule has 1 heterocycles. The first-order valence-electron chi connectivity index (χ1n) is 7.13. The van der Waals surface area contributed by atoms with Crippen LogP contribution in [0.2, 0.25) is 0 Å². The van der Waals surface area contributed by atoms with Crippen molar-refractivity contribution in [3.05, 3.63) is 35.9 Å². The minimum atomic E-state index is 1.21. The second kappa shape index (κ2) is 9.23. The fraction of sp³-hybridized carbons (Fsp3) is 0.625. The molecular formula is C16H27N. The van der Waals surface area contributed by atoms with Crippen LogP contribution in [0.4, 0.5) is 0 Å². The lowest BCUT2D eigenvalue weighted by molar-refractivity contribution is 0.231. The highest BCUT2D eigenvalue weighted by molar-refractivity contribution is 5.14. The van der Waals surface area contributed by atoms with E-state index in [0.717, 1.165) is 0 Å². The van der Waals surface area contributed by atoms with Gasteiger partial charge in [0.2, 0.25) is 0 Å². The van der Waals surface area contributed by atoms with Crippen molar-refractivity contribution in [1.82, 2.24) is 4.90 Å². The zero-order chi connectivity index (χ0) is 12.3. The van der Waals surface area contributed by atoms with E-state index in [9.17, 15) is 0 Å². The predicted molar refractivity (Wildman–Crippen MR) is 76.4 cm³/mol. The van der Waals surface area contributed by atoms with E-state index >= 15 is 0 Å². The summed E-state index contributed by atoms with van der Waals surface area (Å²) in [6, 6.07) is 10.8. The SMILES string of the molecule is CCC.c1ccc(CCN2CCCCC2)cc1. The molecule has 0 spiro atoms. The highest BCUT2D eigenvalue weighted by Gasteiger charge is 2.08. The number of nitrogens with zero attached hydrogens (tertiary/aromatic N) is 1. The van der Waals surface area contributed by atoms with Gasteiger partial charge in [-0.3, -0.25) is 0 Å². The largest absolute Gasteiger partial charge is 0.303 e. The molecule has 96 valence electrons. The Hall–Kier alpha value is -0.820. The lowest BCUT2D eigenvalue weighted by atomic mass is 10.1. The van der Waals surface area contributed by atoms with Gasteiger partial charge in [-0.15, -0.1) is 0 Å². The van der Waals surface area contributed by atoms with Gasteiger partial charge in [-0.2, -0.15) is 0 Å². The Labute approximate surface area is 107 Å².